The quantitative estimate of drug-likeness (QED) is 0.701. The Hall–Kier alpha value is -0.560. The molecule has 0 aliphatic heterocycles. The summed E-state index contributed by atoms with van der Waals surface area (Å²) in [6, 6.07) is 0. The molecule has 0 amide bonds. The zero-order valence-electron chi connectivity index (χ0n) is 11.9. The molecule has 98 valence electrons. The van der Waals surface area contributed by atoms with Crippen LogP contribution in [0.4, 0.5) is 0 Å². The zero-order chi connectivity index (χ0) is 12.9. The minimum absolute atomic E-state index is 0.592. The van der Waals surface area contributed by atoms with Gasteiger partial charge in [-0.15, -0.1) is 0 Å². The van der Waals surface area contributed by atoms with Gasteiger partial charge in [0.2, 0.25) is 0 Å². The molecule has 1 aliphatic rings. The van der Waals surface area contributed by atoms with Crippen molar-refractivity contribution in [2.45, 2.75) is 65.4 Å². The van der Waals surface area contributed by atoms with Crippen LogP contribution in [0, 0.1) is 11.8 Å². The summed E-state index contributed by atoms with van der Waals surface area (Å²) < 4.78 is 0. The molecule has 0 aromatic heterocycles. The van der Waals surface area contributed by atoms with Gasteiger partial charge < -0.3 is 5.11 Å². The SMILES string of the molecule is CCC1(O)/C=C/C(C(C)C)CC/C(C)=C/CC1. The van der Waals surface area contributed by atoms with E-state index in [4.69, 9.17) is 0 Å². The molecule has 0 aromatic carbocycles. The molecular formula is C16H28O. The van der Waals surface area contributed by atoms with Crippen LogP contribution in [0.3, 0.4) is 0 Å². The third-order valence-electron chi connectivity index (χ3n) is 4.06. The molecule has 1 rings (SSSR count). The Bertz CT molecular complexity index is 288. The van der Waals surface area contributed by atoms with Gasteiger partial charge in [-0.2, -0.15) is 0 Å². The van der Waals surface area contributed by atoms with Crippen LogP contribution in [-0.4, -0.2) is 10.7 Å². The predicted molar refractivity (Wildman–Crippen MR) is 74.9 cm³/mol. The molecule has 0 aromatic rings. The second kappa shape index (κ2) is 6.39. The Morgan fingerprint density at radius 2 is 2.18 bits per heavy atom. The van der Waals surface area contributed by atoms with Crippen molar-refractivity contribution < 1.29 is 5.11 Å². The van der Waals surface area contributed by atoms with Crippen LogP contribution in [0.5, 0.6) is 0 Å². The van der Waals surface area contributed by atoms with E-state index in [-0.39, 0.29) is 0 Å². The molecule has 0 radical (unpaired) electrons. The normalized spacial score (nSPS) is 36.4. The van der Waals surface area contributed by atoms with Crippen LogP contribution in [0.25, 0.3) is 0 Å². The minimum Gasteiger partial charge on any atom is -0.386 e. The highest BCUT2D eigenvalue weighted by molar-refractivity contribution is 5.08. The Balaban J connectivity index is 2.85. The summed E-state index contributed by atoms with van der Waals surface area (Å²) in [6.45, 7) is 8.82. The van der Waals surface area contributed by atoms with Gasteiger partial charge in [-0.25, -0.2) is 0 Å². The van der Waals surface area contributed by atoms with Crippen molar-refractivity contribution in [3.63, 3.8) is 0 Å². The Morgan fingerprint density at radius 3 is 2.76 bits per heavy atom. The van der Waals surface area contributed by atoms with Gasteiger partial charge >= 0.3 is 0 Å². The van der Waals surface area contributed by atoms with Crippen LogP contribution < -0.4 is 0 Å². The van der Waals surface area contributed by atoms with Gasteiger partial charge in [0.1, 0.15) is 0 Å². The standard InChI is InChI=1S/C16H28O/c1-5-16(17)11-6-7-14(4)8-9-15(10-12-16)13(2)3/h7,10,12-13,15,17H,5-6,8-9,11H2,1-4H3/b12-10+,14-7+. The lowest BCUT2D eigenvalue weighted by molar-refractivity contribution is 0.0774. The van der Waals surface area contributed by atoms with E-state index < -0.39 is 5.60 Å². The fourth-order valence-corrected chi connectivity index (χ4v) is 2.40. The average molecular weight is 236 g/mol. The lowest BCUT2D eigenvalue weighted by Gasteiger charge is -2.26. The van der Waals surface area contributed by atoms with Gasteiger partial charge in [-0.05, 0) is 50.9 Å². The number of rotatable bonds is 2. The van der Waals surface area contributed by atoms with Gasteiger partial charge in [-0.1, -0.05) is 44.6 Å². The molecule has 1 N–H and O–H groups in total. The molecule has 0 heterocycles. The Labute approximate surface area is 107 Å². The van der Waals surface area contributed by atoms with Gasteiger partial charge in [-0.3, -0.25) is 0 Å². The van der Waals surface area contributed by atoms with E-state index in [0.717, 1.165) is 19.3 Å². The smallest absolute Gasteiger partial charge is 0.0828 e. The molecule has 17 heavy (non-hydrogen) atoms. The van der Waals surface area contributed by atoms with Crippen molar-refractivity contribution in [1.29, 1.82) is 0 Å². The van der Waals surface area contributed by atoms with Crippen LogP contribution in [0.2, 0.25) is 0 Å². The summed E-state index contributed by atoms with van der Waals surface area (Å²) in [5, 5.41) is 10.5. The molecule has 0 spiro atoms. The molecule has 0 fully saturated rings. The number of hydrogen-bond acceptors (Lipinski definition) is 1. The first-order chi connectivity index (χ1) is 7.97. The number of allylic oxidation sites excluding steroid dienone is 3. The third kappa shape index (κ3) is 4.67. The van der Waals surface area contributed by atoms with E-state index in [1.54, 1.807) is 0 Å². The van der Waals surface area contributed by atoms with Crippen LogP contribution >= 0.6 is 0 Å². The van der Waals surface area contributed by atoms with E-state index >= 15 is 0 Å². The largest absolute Gasteiger partial charge is 0.386 e. The fourth-order valence-electron chi connectivity index (χ4n) is 2.40. The highest BCUT2D eigenvalue weighted by Crippen LogP contribution is 2.27. The van der Waals surface area contributed by atoms with Crippen LogP contribution in [0.1, 0.15) is 59.8 Å². The van der Waals surface area contributed by atoms with Crippen molar-refractivity contribution in [2.75, 3.05) is 0 Å². The van der Waals surface area contributed by atoms with E-state index in [9.17, 15) is 5.11 Å². The fraction of sp³-hybridized carbons (Fsp3) is 0.750. The summed E-state index contributed by atoms with van der Waals surface area (Å²) >= 11 is 0. The van der Waals surface area contributed by atoms with E-state index in [1.807, 2.05) is 0 Å². The maximum absolute atomic E-state index is 10.5. The first kappa shape index (κ1) is 14.5. The van der Waals surface area contributed by atoms with Crippen LogP contribution in [0.15, 0.2) is 23.8 Å². The maximum atomic E-state index is 10.5. The topological polar surface area (TPSA) is 20.2 Å². The molecule has 1 aliphatic carbocycles. The molecule has 0 saturated heterocycles. The Morgan fingerprint density at radius 1 is 1.47 bits per heavy atom. The summed E-state index contributed by atoms with van der Waals surface area (Å²) in [7, 11) is 0. The second-order valence-corrected chi connectivity index (χ2v) is 5.85. The van der Waals surface area contributed by atoms with Crippen molar-refractivity contribution >= 4 is 0 Å². The van der Waals surface area contributed by atoms with E-state index in [2.05, 4.69) is 45.9 Å². The molecule has 2 unspecified atom stereocenters. The highest BCUT2D eigenvalue weighted by atomic mass is 16.3. The lowest BCUT2D eigenvalue weighted by atomic mass is 9.84. The lowest BCUT2D eigenvalue weighted by Crippen LogP contribution is -2.25. The van der Waals surface area contributed by atoms with Gasteiger partial charge in [0.25, 0.3) is 0 Å². The monoisotopic (exact) mass is 236 g/mol. The molecule has 2 atom stereocenters. The minimum atomic E-state index is -0.596. The zero-order valence-corrected chi connectivity index (χ0v) is 11.9. The third-order valence-corrected chi connectivity index (χ3v) is 4.06. The number of hydrogen-bond donors (Lipinski definition) is 1. The average Bonchev–Trinajstić information content (AvgIpc) is 2.28. The molecular weight excluding hydrogens is 208 g/mol. The highest BCUT2D eigenvalue weighted by Gasteiger charge is 2.22. The van der Waals surface area contributed by atoms with Crippen molar-refractivity contribution in [1.82, 2.24) is 0 Å². The van der Waals surface area contributed by atoms with Crippen molar-refractivity contribution in [2.24, 2.45) is 11.8 Å². The predicted octanol–water partition coefficient (Wildman–Crippen LogP) is 4.48. The maximum Gasteiger partial charge on any atom is 0.0828 e. The van der Waals surface area contributed by atoms with Gasteiger partial charge in [0.05, 0.1) is 5.60 Å². The summed E-state index contributed by atoms with van der Waals surface area (Å²) in [6.07, 6.45) is 11.7. The summed E-state index contributed by atoms with van der Waals surface area (Å²) in [5.74, 6) is 1.24. The van der Waals surface area contributed by atoms with Crippen LogP contribution in [-0.2, 0) is 0 Å². The van der Waals surface area contributed by atoms with Gasteiger partial charge in [0.15, 0.2) is 0 Å². The first-order valence-electron chi connectivity index (χ1n) is 7.04. The number of aliphatic hydroxyl groups is 1. The molecule has 1 nitrogen and oxygen atoms in total. The molecule has 0 saturated carbocycles. The molecule has 0 bridgehead atoms. The van der Waals surface area contributed by atoms with Crippen molar-refractivity contribution in [3.05, 3.63) is 23.8 Å². The summed E-state index contributed by atoms with van der Waals surface area (Å²) in [4.78, 5) is 0. The van der Waals surface area contributed by atoms with Crippen molar-refractivity contribution in [3.8, 4) is 0 Å². The van der Waals surface area contributed by atoms with E-state index in [1.165, 1.54) is 18.4 Å². The molecule has 1 heteroatoms. The van der Waals surface area contributed by atoms with E-state index in [0.29, 0.717) is 11.8 Å². The summed E-state index contributed by atoms with van der Waals surface area (Å²) in [5.41, 5.74) is 0.880. The Kier molecular flexibility index (Phi) is 5.45. The first-order valence-corrected chi connectivity index (χ1v) is 7.04. The van der Waals surface area contributed by atoms with Gasteiger partial charge in [0, 0.05) is 0 Å². The second-order valence-electron chi connectivity index (χ2n) is 5.85.